The summed E-state index contributed by atoms with van der Waals surface area (Å²) in [5.41, 5.74) is 5.43. The lowest BCUT2D eigenvalue weighted by Crippen LogP contribution is -2.49. The van der Waals surface area contributed by atoms with Gasteiger partial charge in [0.25, 0.3) is 5.91 Å². The van der Waals surface area contributed by atoms with E-state index in [0.717, 1.165) is 11.2 Å². The molecule has 1 amide bonds. The molecule has 3 rings (SSSR count). The first-order chi connectivity index (χ1) is 12.9. The van der Waals surface area contributed by atoms with Crippen LogP contribution < -0.4 is 5.73 Å². The van der Waals surface area contributed by atoms with Crippen molar-refractivity contribution >= 4 is 39.7 Å². The molecule has 0 radical (unpaired) electrons. The van der Waals surface area contributed by atoms with E-state index in [0.29, 0.717) is 0 Å². The fourth-order valence-corrected chi connectivity index (χ4v) is 4.23. The molecule has 18 heteroatoms. The molecule has 16 nitrogen and oxygen atoms in total. The minimum absolute atomic E-state index is 0.00650. The maximum Gasteiger partial charge on any atom is 0.481 e. The van der Waals surface area contributed by atoms with E-state index >= 15 is 0 Å². The number of carbonyl (C=O) groups is 1. The minimum atomic E-state index is -5.32. The number of phosphoric ester groups is 1. The molecular weight excluding hydrogens is 428 g/mol. The Bertz CT molecular complexity index is 855. The van der Waals surface area contributed by atoms with Gasteiger partial charge in [-0.05, 0) is 0 Å². The van der Waals surface area contributed by atoms with Crippen LogP contribution >= 0.6 is 15.6 Å². The Labute approximate surface area is 155 Å². The third kappa shape index (κ3) is 4.36. The number of rotatable bonds is 6. The third-order valence-corrected chi connectivity index (χ3v) is 5.91. The molecule has 2 unspecified atom stereocenters. The number of aliphatic hydroxyl groups excluding tert-OH is 2. The van der Waals surface area contributed by atoms with E-state index in [4.69, 9.17) is 20.3 Å². The fraction of sp³-hybridized carbons (Fsp3) is 0.600. The summed E-state index contributed by atoms with van der Waals surface area (Å²) in [5.74, 6) is -1.03. The van der Waals surface area contributed by atoms with Crippen LogP contribution in [0.4, 0.5) is 0 Å². The van der Waals surface area contributed by atoms with Gasteiger partial charge in [-0.25, -0.2) is 9.13 Å². The molecule has 28 heavy (non-hydrogen) atoms. The molecule has 3 heterocycles. The SMILES string of the molecule is NC1=NC(=O)C2N=CN([C@@H]3O[C@H](COP(=O)(O)OP(=O)(O)O)[C@@H](O)[C@H]3O)C2=N1. The second kappa shape index (κ2) is 7.35. The topological polar surface area (TPSA) is 246 Å². The van der Waals surface area contributed by atoms with Gasteiger partial charge in [-0.2, -0.15) is 14.3 Å². The summed E-state index contributed by atoms with van der Waals surface area (Å²) in [5, 5.41) is 20.3. The van der Waals surface area contributed by atoms with Gasteiger partial charge in [-0.3, -0.25) is 19.2 Å². The minimum Gasteiger partial charge on any atom is -0.387 e. The Morgan fingerprint density at radius 3 is 2.54 bits per heavy atom. The number of phosphoric acid groups is 2. The number of guanidine groups is 1. The molecule has 0 aliphatic carbocycles. The molecule has 0 aromatic carbocycles. The summed E-state index contributed by atoms with van der Waals surface area (Å²) in [6, 6.07) is -1.09. The number of nitrogens with zero attached hydrogens (tertiary/aromatic N) is 4. The van der Waals surface area contributed by atoms with E-state index in [1.807, 2.05) is 0 Å². The Hall–Kier alpha value is -1.58. The summed E-state index contributed by atoms with van der Waals surface area (Å²) < 4.78 is 35.5. The van der Waals surface area contributed by atoms with E-state index in [9.17, 15) is 29.0 Å². The van der Waals surface area contributed by atoms with Crippen molar-refractivity contribution < 1.29 is 52.4 Å². The van der Waals surface area contributed by atoms with E-state index in [-0.39, 0.29) is 11.8 Å². The maximum absolute atomic E-state index is 11.8. The number of hydrogen-bond donors (Lipinski definition) is 6. The van der Waals surface area contributed by atoms with Crippen molar-refractivity contribution in [2.45, 2.75) is 30.6 Å². The van der Waals surface area contributed by atoms with Crippen molar-refractivity contribution in [3.8, 4) is 0 Å². The number of amides is 1. The Kier molecular flexibility index (Phi) is 5.55. The van der Waals surface area contributed by atoms with Gasteiger partial charge >= 0.3 is 15.6 Å². The Balaban J connectivity index is 1.69. The van der Waals surface area contributed by atoms with Gasteiger partial charge in [0.15, 0.2) is 18.1 Å². The molecule has 6 atom stereocenters. The quantitative estimate of drug-likeness (QED) is 0.220. The molecule has 1 saturated heterocycles. The van der Waals surface area contributed by atoms with Gasteiger partial charge in [0.1, 0.15) is 18.3 Å². The summed E-state index contributed by atoms with van der Waals surface area (Å²) in [7, 11) is -10.5. The molecule has 3 aliphatic rings. The van der Waals surface area contributed by atoms with Crippen LogP contribution in [-0.2, 0) is 27.5 Å². The van der Waals surface area contributed by atoms with E-state index in [1.165, 1.54) is 0 Å². The van der Waals surface area contributed by atoms with E-state index < -0.39 is 58.7 Å². The third-order valence-electron chi connectivity index (χ3n) is 3.76. The molecule has 1 fully saturated rings. The fourth-order valence-electron chi connectivity index (χ4n) is 2.63. The van der Waals surface area contributed by atoms with Crippen LogP contribution in [0.25, 0.3) is 0 Å². The van der Waals surface area contributed by atoms with Crippen LogP contribution in [0.1, 0.15) is 0 Å². The standard InChI is InChI=1S/C10H15N5O11P2/c11-10-13-7-4(8(18)14-10)12-2-15(7)9-6(17)5(16)3(25-9)1-24-28(22,23)26-27(19,20)21/h2-6,9,16-17H,1H2,(H,22,23)(H2,11,14,18)(H2,19,20,21)/t3-,4?,5-,6-,9-/m1/s1. The predicted molar refractivity (Wildman–Crippen MR) is 87.8 cm³/mol. The average molecular weight is 443 g/mol. The summed E-state index contributed by atoms with van der Waals surface area (Å²) >= 11 is 0. The summed E-state index contributed by atoms with van der Waals surface area (Å²) in [6.45, 7) is -0.869. The molecule has 0 saturated carbocycles. The number of nitrogens with two attached hydrogens (primary N) is 1. The summed E-state index contributed by atoms with van der Waals surface area (Å²) in [6.07, 6.45) is -4.85. The van der Waals surface area contributed by atoms with E-state index in [1.54, 1.807) is 0 Å². The van der Waals surface area contributed by atoms with Gasteiger partial charge in [-0.15, -0.1) is 0 Å². The van der Waals surface area contributed by atoms with Crippen molar-refractivity contribution in [3.05, 3.63) is 0 Å². The number of carbonyl (C=O) groups excluding carboxylic acids is 1. The van der Waals surface area contributed by atoms with Crippen LogP contribution in [0.15, 0.2) is 15.0 Å². The zero-order valence-electron chi connectivity index (χ0n) is 13.6. The summed E-state index contributed by atoms with van der Waals surface area (Å²) in [4.78, 5) is 50.4. The van der Waals surface area contributed by atoms with Crippen molar-refractivity contribution in [2.75, 3.05) is 6.61 Å². The first-order valence-corrected chi connectivity index (χ1v) is 10.4. The monoisotopic (exact) mass is 443 g/mol. The van der Waals surface area contributed by atoms with Crippen LogP contribution in [0, 0.1) is 0 Å². The number of aliphatic hydroxyl groups is 2. The van der Waals surface area contributed by atoms with Crippen LogP contribution in [-0.4, -0.2) is 91.0 Å². The lowest BCUT2D eigenvalue weighted by Gasteiger charge is -2.27. The largest absolute Gasteiger partial charge is 0.481 e. The van der Waals surface area contributed by atoms with Gasteiger partial charge < -0.3 is 35.4 Å². The highest BCUT2D eigenvalue weighted by Crippen LogP contribution is 2.57. The second-order valence-electron chi connectivity index (χ2n) is 5.74. The van der Waals surface area contributed by atoms with Gasteiger partial charge in [0, 0.05) is 0 Å². The molecule has 0 aromatic rings. The number of hydrogen-bond acceptors (Lipinski definition) is 12. The molecule has 7 N–H and O–H groups in total. The van der Waals surface area contributed by atoms with Crippen molar-refractivity contribution in [1.29, 1.82) is 0 Å². The number of ether oxygens (including phenoxy) is 1. The number of amidine groups is 1. The smallest absolute Gasteiger partial charge is 0.387 e. The van der Waals surface area contributed by atoms with Gasteiger partial charge in [0.2, 0.25) is 5.96 Å². The predicted octanol–water partition coefficient (Wildman–Crippen LogP) is -3.37. The Morgan fingerprint density at radius 1 is 1.21 bits per heavy atom. The molecule has 0 spiro atoms. The second-order valence-corrected chi connectivity index (χ2v) is 8.57. The van der Waals surface area contributed by atoms with Crippen LogP contribution in [0.3, 0.4) is 0 Å². The van der Waals surface area contributed by atoms with Gasteiger partial charge in [0.05, 0.1) is 12.9 Å². The normalized spacial score (nSPS) is 34.8. The van der Waals surface area contributed by atoms with E-state index in [2.05, 4.69) is 23.8 Å². The molecule has 0 bridgehead atoms. The highest BCUT2D eigenvalue weighted by molar-refractivity contribution is 7.60. The Morgan fingerprint density at radius 2 is 1.89 bits per heavy atom. The first kappa shape index (κ1) is 21.1. The highest BCUT2D eigenvalue weighted by Gasteiger charge is 2.50. The lowest BCUT2D eigenvalue weighted by molar-refractivity contribution is -0.117. The number of fused-ring (bicyclic) bond motifs is 1. The zero-order valence-corrected chi connectivity index (χ0v) is 15.4. The molecule has 0 aromatic heterocycles. The highest BCUT2D eigenvalue weighted by atomic mass is 31.3. The average Bonchev–Trinajstić information content (AvgIpc) is 3.06. The lowest BCUT2D eigenvalue weighted by atomic mass is 10.1. The van der Waals surface area contributed by atoms with Crippen molar-refractivity contribution in [2.24, 2.45) is 20.7 Å². The van der Waals surface area contributed by atoms with Crippen molar-refractivity contribution in [1.82, 2.24) is 4.90 Å². The maximum atomic E-state index is 11.8. The number of aliphatic imine (C=N–C) groups is 3. The van der Waals surface area contributed by atoms with Crippen LogP contribution in [0.2, 0.25) is 0 Å². The molecular formula is C10H15N5O11P2. The van der Waals surface area contributed by atoms with Crippen molar-refractivity contribution in [3.63, 3.8) is 0 Å². The zero-order chi connectivity index (χ0) is 20.9. The van der Waals surface area contributed by atoms with Crippen LogP contribution in [0.5, 0.6) is 0 Å². The molecule has 156 valence electrons. The van der Waals surface area contributed by atoms with Gasteiger partial charge in [-0.1, -0.05) is 0 Å². The molecule has 3 aliphatic heterocycles. The first-order valence-electron chi connectivity index (χ1n) is 7.42.